The fourth-order valence-corrected chi connectivity index (χ4v) is 1.71. The molecule has 1 aliphatic rings. The Hall–Kier alpha value is -0.570. The molecule has 0 aromatic carbocycles. The van der Waals surface area contributed by atoms with Crippen molar-refractivity contribution in [2.75, 3.05) is 13.1 Å². The summed E-state index contributed by atoms with van der Waals surface area (Å²) in [7, 11) is 0. The normalized spacial score (nSPS) is 20.2. The van der Waals surface area contributed by atoms with E-state index in [2.05, 4.69) is 12.2 Å². The summed E-state index contributed by atoms with van der Waals surface area (Å²) in [6.07, 6.45) is 3.86. The maximum Gasteiger partial charge on any atom is 0.310 e. The Morgan fingerprint density at radius 3 is 2.43 bits per heavy atom. The minimum absolute atomic E-state index is 0.425. The van der Waals surface area contributed by atoms with E-state index < -0.39 is 11.4 Å². The summed E-state index contributed by atoms with van der Waals surface area (Å²) in [5.41, 5.74) is -0.227. The van der Waals surface area contributed by atoms with E-state index in [9.17, 15) is 4.79 Å². The smallest absolute Gasteiger partial charge is 0.310 e. The van der Waals surface area contributed by atoms with Gasteiger partial charge in [-0.3, -0.25) is 4.79 Å². The van der Waals surface area contributed by atoms with Crippen molar-refractivity contribution in [2.24, 2.45) is 10.8 Å². The Balaban J connectivity index is 2.23. The van der Waals surface area contributed by atoms with Crippen molar-refractivity contribution in [1.29, 1.82) is 0 Å². The summed E-state index contributed by atoms with van der Waals surface area (Å²) in [4.78, 5) is 10.8. The fraction of sp³-hybridized carbons (Fsp3) is 0.909. The second-order valence-corrected chi connectivity index (χ2v) is 5.46. The molecule has 0 saturated heterocycles. The zero-order valence-corrected chi connectivity index (χ0v) is 9.39. The van der Waals surface area contributed by atoms with Gasteiger partial charge in [0.05, 0.1) is 5.41 Å². The van der Waals surface area contributed by atoms with Gasteiger partial charge in [0.1, 0.15) is 0 Å². The van der Waals surface area contributed by atoms with Crippen LogP contribution in [0.5, 0.6) is 0 Å². The van der Waals surface area contributed by atoms with Gasteiger partial charge in [-0.25, -0.2) is 0 Å². The number of carboxylic acid groups (broad SMARTS) is 1. The van der Waals surface area contributed by atoms with Crippen molar-refractivity contribution in [3.63, 3.8) is 0 Å². The number of carboxylic acids is 1. The first-order chi connectivity index (χ1) is 6.36. The van der Waals surface area contributed by atoms with Crippen LogP contribution in [-0.4, -0.2) is 24.2 Å². The van der Waals surface area contributed by atoms with Gasteiger partial charge in [0.2, 0.25) is 0 Å². The highest BCUT2D eigenvalue weighted by Gasteiger charge is 2.33. The molecule has 0 aromatic heterocycles. The Morgan fingerprint density at radius 2 is 2.07 bits per heavy atom. The van der Waals surface area contributed by atoms with E-state index in [0.29, 0.717) is 12.0 Å². The lowest BCUT2D eigenvalue weighted by Crippen LogP contribution is -2.43. The van der Waals surface area contributed by atoms with Crippen molar-refractivity contribution in [2.45, 2.75) is 40.0 Å². The second kappa shape index (κ2) is 3.89. The van der Waals surface area contributed by atoms with Crippen LogP contribution in [0.15, 0.2) is 0 Å². The minimum atomic E-state index is -0.733. The number of rotatable bonds is 5. The Kier molecular flexibility index (Phi) is 3.20. The Morgan fingerprint density at radius 1 is 1.50 bits per heavy atom. The molecule has 0 atom stereocenters. The number of carbonyl (C=O) groups is 1. The van der Waals surface area contributed by atoms with Gasteiger partial charge in [-0.1, -0.05) is 13.3 Å². The summed E-state index contributed by atoms with van der Waals surface area (Å²) in [5.74, 6) is -0.733. The SMILES string of the molecule is CC1(CNCC(C)(C)C(=O)O)CCC1. The largest absolute Gasteiger partial charge is 0.481 e. The molecule has 0 radical (unpaired) electrons. The highest BCUT2D eigenvalue weighted by molar-refractivity contribution is 5.73. The predicted molar refractivity (Wildman–Crippen MR) is 56.2 cm³/mol. The van der Waals surface area contributed by atoms with Crippen molar-refractivity contribution >= 4 is 5.97 Å². The fourth-order valence-electron chi connectivity index (χ4n) is 1.71. The lowest BCUT2D eigenvalue weighted by atomic mass is 9.70. The molecule has 0 unspecified atom stereocenters. The molecule has 2 N–H and O–H groups in total. The average molecular weight is 199 g/mol. The van der Waals surface area contributed by atoms with Crippen molar-refractivity contribution in [3.8, 4) is 0 Å². The van der Waals surface area contributed by atoms with Gasteiger partial charge in [-0.15, -0.1) is 0 Å². The van der Waals surface area contributed by atoms with Gasteiger partial charge in [0.25, 0.3) is 0 Å². The van der Waals surface area contributed by atoms with Crippen LogP contribution in [0, 0.1) is 10.8 Å². The van der Waals surface area contributed by atoms with E-state index in [1.165, 1.54) is 19.3 Å². The maximum atomic E-state index is 10.8. The number of aliphatic carboxylic acids is 1. The van der Waals surface area contributed by atoms with Crippen LogP contribution in [-0.2, 0) is 4.79 Å². The van der Waals surface area contributed by atoms with E-state index >= 15 is 0 Å². The molecule has 1 fully saturated rings. The van der Waals surface area contributed by atoms with Gasteiger partial charge >= 0.3 is 5.97 Å². The van der Waals surface area contributed by atoms with E-state index in [1.807, 2.05) is 0 Å². The van der Waals surface area contributed by atoms with Crippen molar-refractivity contribution < 1.29 is 9.90 Å². The molecule has 82 valence electrons. The molecule has 0 aliphatic heterocycles. The number of nitrogens with one attached hydrogen (secondary N) is 1. The second-order valence-electron chi connectivity index (χ2n) is 5.46. The van der Waals surface area contributed by atoms with Gasteiger partial charge in [-0.2, -0.15) is 0 Å². The van der Waals surface area contributed by atoms with Crippen LogP contribution in [0.25, 0.3) is 0 Å². The third-order valence-corrected chi connectivity index (χ3v) is 3.26. The zero-order chi connectivity index (χ0) is 10.8. The molecule has 1 aliphatic carbocycles. The first-order valence-corrected chi connectivity index (χ1v) is 5.30. The molecule has 3 heteroatoms. The van der Waals surface area contributed by atoms with Gasteiger partial charge < -0.3 is 10.4 Å². The summed E-state index contributed by atoms with van der Waals surface area (Å²) in [6.45, 7) is 7.27. The average Bonchev–Trinajstić information content (AvgIpc) is 2.00. The van der Waals surface area contributed by atoms with Gasteiger partial charge in [-0.05, 0) is 32.1 Å². The van der Waals surface area contributed by atoms with Crippen molar-refractivity contribution in [3.05, 3.63) is 0 Å². The lowest BCUT2D eigenvalue weighted by molar-refractivity contribution is -0.146. The first kappa shape index (κ1) is 11.5. The van der Waals surface area contributed by atoms with Crippen LogP contribution in [0.1, 0.15) is 40.0 Å². The molecular formula is C11H21NO2. The standard InChI is InChI=1S/C11H21NO2/c1-10(2,9(13)14)7-12-8-11(3)5-4-6-11/h12H,4-8H2,1-3H3,(H,13,14). The molecule has 0 spiro atoms. The highest BCUT2D eigenvalue weighted by Crippen LogP contribution is 2.39. The maximum absolute atomic E-state index is 10.8. The van der Waals surface area contributed by atoms with E-state index in [4.69, 9.17) is 5.11 Å². The molecule has 1 saturated carbocycles. The van der Waals surface area contributed by atoms with Crippen LogP contribution >= 0.6 is 0 Å². The Bertz CT molecular complexity index is 219. The van der Waals surface area contributed by atoms with E-state index in [-0.39, 0.29) is 0 Å². The summed E-state index contributed by atoms with van der Waals surface area (Å²) in [5, 5.41) is 12.2. The minimum Gasteiger partial charge on any atom is -0.481 e. The molecule has 1 rings (SSSR count). The van der Waals surface area contributed by atoms with Crippen LogP contribution in [0.4, 0.5) is 0 Å². The molecular weight excluding hydrogens is 178 g/mol. The number of hydrogen-bond donors (Lipinski definition) is 2. The Labute approximate surface area is 85.9 Å². The monoisotopic (exact) mass is 199 g/mol. The zero-order valence-electron chi connectivity index (χ0n) is 9.39. The van der Waals surface area contributed by atoms with Gasteiger partial charge in [0, 0.05) is 13.1 Å². The third kappa shape index (κ3) is 2.71. The molecule has 0 bridgehead atoms. The molecule has 0 amide bonds. The number of hydrogen-bond acceptors (Lipinski definition) is 2. The molecule has 14 heavy (non-hydrogen) atoms. The third-order valence-electron chi connectivity index (χ3n) is 3.26. The summed E-state index contributed by atoms with van der Waals surface area (Å²) >= 11 is 0. The van der Waals surface area contributed by atoms with Crippen LogP contribution < -0.4 is 5.32 Å². The van der Waals surface area contributed by atoms with Crippen LogP contribution in [0.3, 0.4) is 0 Å². The van der Waals surface area contributed by atoms with Gasteiger partial charge in [0.15, 0.2) is 0 Å². The first-order valence-electron chi connectivity index (χ1n) is 5.30. The summed E-state index contributed by atoms with van der Waals surface area (Å²) < 4.78 is 0. The molecule has 0 heterocycles. The van der Waals surface area contributed by atoms with Crippen LogP contribution in [0.2, 0.25) is 0 Å². The quantitative estimate of drug-likeness (QED) is 0.710. The lowest BCUT2D eigenvalue weighted by Gasteiger charge is -2.39. The predicted octanol–water partition coefficient (Wildman–Crippen LogP) is 1.88. The summed E-state index contributed by atoms with van der Waals surface area (Å²) in [6, 6.07) is 0. The molecule has 3 nitrogen and oxygen atoms in total. The van der Waals surface area contributed by atoms with E-state index in [1.54, 1.807) is 13.8 Å². The van der Waals surface area contributed by atoms with Crippen molar-refractivity contribution in [1.82, 2.24) is 5.32 Å². The van der Waals surface area contributed by atoms with E-state index in [0.717, 1.165) is 6.54 Å². The molecule has 0 aromatic rings. The topological polar surface area (TPSA) is 49.3 Å². The highest BCUT2D eigenvalue weighted by atomic mass is 16.4.